The van der Waals surface area contributed by atoms with E-state index < -0.39 is 0 Å². The first-order valence-corrected chi connectivity index (χ1v) is 15.0. The van der Waals surface area contributed by atoms with Gasteiger partial charge in [-0.3, -0.25) is 0 Å². The lowest BCUT2D eigenvalue weighted by Crippen LogP contribution is -2.00. The Morgan fingerprint density at radius 2 is 0.822 bits per heavy atom. The van der Waals surface area contributed by atoms with Crippen LogP contribution >= 0.6 is 0 Å². The Morgan fingerprint density at radius 1 is 0.311 bits per heavy atom. The smallest absolute Gasteiger partial charge is 0.164 e. The SMILES string of the molecule is c1ccc(-c2nc(-c3ccc(-c4ccc5oc6cc7ccccc7cc6c5c4)cc3)nc(-c3ccc4ccccc4c3)n2)cc1. The highest BCUT2D eigenvalue weighted by Crippen LogP contribution is 2.35. The van der Waals surface area contributed by atoms with Crippen molar-refractivity contribution in [1.82, 2.24) is 15.0 Å². The van der Waals surface area contributed by atoms with Crippen molar-refractivity contribution in [3.8, 4) is 45.3 Å². The molecule has 2 heterocycles. The largest absolute Gasteiger partial charge is 0.456 e. The lowest BCUT2D eigenvalue weighted by molar-refractivity contribution is 0.669. The molecule has 0 aliphatic heterocycles. The minimum absolute atomic E-state index is 0.640. The van der Waals surface area contributed by atoms with E-state index in [4.69, 9.17) is 19.4 Å². The van der Waals surface area contributed by atoms with Crippen molar-refractivity contribution in [3.63, 3.8) is 0 Å². The third kappa shape index (κ3) is 4.52. The van der Waals surface area contributed by atoms with Gasteiger partial charge in [0.05, 0.1) is 0 Å². The normalized spacial score (nSPS) is 11.6. The molecule has 0 saturated heterocycles. The van der Waals surface area contributed by atoms with Gasteiger partial charge in [-0.1, -0.05) is 121 Å². The fourth-order valence-corrected chi connectivity index (χ4v) is 6.13. The van der Waals surface area contributed by atoms with Gasteiger partial charge < -0.3 is 4.42 Å². The predicted molar refractivity (Wildman–Crippen MR) is 184 cm³/mol. The third-order valence-electron chi connectivity index (χ3n) is 8.49. The van der Waals surface area contributed by atoms with Crippen LogP contribution in [0.1, 0.15) is 0 Å². The lowest BCUT2D eigenvalue weighted by Gasteiger charge is -2.10. The Balaban J connectivity index is 1.12. The number of fused-ring (bicyclic) bond motifs is 5. The molecule has 45 heavy (non-hydrogen) atoms. The molecule has 2 aromatic heterocycles. The maximum absolute atomic E-state index is 6.22. The Labute approximate surface area is 259 Å². The van der Waals surface area contributed by atoms with Gasteiger partial charge >= 0.3 is 0 Å². The minimum atomic E-state index is 0.640. The summed E-state index contributed by atoms with van der Waals surface area (Å²) < 4.78 is 6.22. The van der Waals surface area contributed by atoms with Gasteiger partial charge in [0.2, 0.25) is 0 Å². The van der Waals surface area contributed by atoms with E-state index in [1.807, 2.05) is 30.3 Å². The molecule has 4 heteroatoms. The van der Waals surface area contributed by atoms with Gasteiger partial charge in [0, 0.05) is 27.5 Å². The van der Waals surface area contributed by atoms with Gasteiger partial charge in [0.15, 0.2) is 17.5 Å². The molecule has 7 aromatic carbocycles. The van der Waals surface area contributed by atoms with Gasteiger partial charge in [-0.25, -0.2) is 15.0 Å². The number of hydrogen-bond donors (Lipinski definition) is 0. The monoisotopic (exact) mass is 575 g/mol. The maximum Gasteiger partial charge on any atom is 0.164 e. The van der Waals surface area contributed by atoms with Crippen LogP contribution in [0.5, 0.6) is 0 Å². The van der Waals surface area contributed by atoms with E-state index in [1.165, 1.54) is 16.2 Å². The van der Waals surface area contributed by atoms with Crippen molar-refractivity contribution in [2.45, 2.75) is 0 Å². The second kappa shape index (κ2) is 10.2. The fraction of sp³-hybridized carbons (Fsp3) is 0. The molecule has 0 aliphatic rings. The average Bonchev–Trinajstić information content (AvgIpc) is 3.47. The molecule has 0 amide bonds. The fourth-order valence-electron chi connectivity index (χ4n) is 6.13. The van der Waals surface area contributed by atoms with Gasteiger partial charge in [0.25, 0.3) is 0 Å². The molecule has 4 nitrogen and oxygen atoms in total. The highest BCUT2D eigenvalue weighted by atomic mass is 16.3. The quantitative estimate of drug-likeness (QED) is 0.209. The first-order valence-electron chi connectivity index (χ1n) is 15.0. The summed E-state index contributed by atoms with van der Waals surface area (Å²) in [7, 11) is 0. The van der Waals surface area contributed by atoms with Crippen LogP contribution in [-0.2, 0) is 0 Å². The van der Waals surface area contributed by atoms with E-state index in [2.05, 4.69) is 121 Å². The van der Waals surface area contributed by atoms with Crippen molar-refractivity contribution in [1.29, 1.82) is 0 Å². The van der Waals surface area contributed by atoms with Crippen LogP contribution in [0.4, 0.5) is 0 Å². The van der Waals surface area contributed by atoms with Crippen LogP contribution in [0, 0.1) is 0 Å². The van der Waals surface area contributed by atoms with E-state index in [0.29, 0.717) is 17.5 Å². The summed E-state index contributed by atoms with van der Waals surface area (Å²) >= 11 is 0. The zero-order chi connectivity index (χ0) is 29.7. The molecule has 0 unspecified atom stereocenters. The van der Waals surface area contributed by atoms with Crippen molar-refractivity contribution in [3.05, 3.63) is 152 Å². The number of furan rings is 1. The maximum atomic E-state index is 6.22. The second-order valence-electron chi connectivity index (χ2n) is 11.3. The van der Waals surface area contributed by atoms with Crippen molar-refractivity contribution < 1.29 is 4.42 Å². The number of aromatic nitrogens is 3. The third-order valence-corrected chi connectivity index (χ3v) is 8.49. The molecule has 0 fully saturated rings. The first-order chi connectivity index (χ1) is 22.2. The van der Waals surface area contributed by atoms with E-state index in [-0.39, 0.29) is 0 Å². The summed E-state index contributed by atoms with van der Waals surface area (Å²) in [6.07, 6.45) is 0. The second-order valence-corrected chi connectivity index (χ2v) is 11.3. The topological polar surface area (TPSA) is 51.8 Å². The minimum Gasteiger partial charge on any atom is -0.456 e. The molecule has 0 aliphatic carbocycles. The predicted octanol–water partition coefficient (Wildman–Crippen LogP) is 10.7. The number of benzene rings is 7. The van der Waals surface area contributed by atoms with Crippen molar-refractivity contribution in [2.75, 3.05) is 0 Å². The van der Waals surface area contributed by atoms with E-state index in [9.17, 15) is 0 Å². The molecule has 210 valence electrons. The molecule has 0 N–H and O–H groups in total. The highest BCUT2D eigenvalue weighted by molar-refractivity contribution is 6.11. The molecule has 0 spiro atoms. The molecule has 0 bridgehead atoms. The molecular formula is C41H25N3O. The van der Waals surface area contributed by atoms with Crippen LogP contribution in [0.25, 0.3) is 88.8 Å². The Morgan fingerprint density at radius 3 is 1.56 bits per heavy atom. The van der Waals surface area contributed by atoms with Gasteiger partial charge in [-0.15, -0.1) is 0 Å². The summed E-state index contributed by atoms with van der Waals surface area (Å²) in [6.45, 7) is 0. The molecule has 9 aromatic rings. The summed E-state index contributed by atoms with van der Waals surface area (Å²) in [5.74, 6) is 1.94. The number of rotatable bonds is 4. The summed E-state index contributed by atoms with van der Waals surface area (Å²) in [6, 6.07) is 52.4. The van der Waals surface area contributed by atoms with Gasteiger partial charge in [0.1, 0.15) is 11.2 Å². The van der Waals surface area contributed by atoms with Crippen LogP contribution in [-0.4, -0.2) is 15.0 Å². The molecule has 0 radical (unpaired) electrons. The molecule has 0 atom stereocenters. The highest BCUT2D eigenvalue weighted by Gasteiger charge is 2.14. The van der Waals surface area contributed by atoms with Crippen LogP contribution in [0.3, 0.4) is 0 Å². The average molecular weight is 576 g/mol. The first kappa shape index (κ1) is 25.4. The zero-order valence-corrected chi connectivity index (χ0v) is 24.2. The van der Waals surface area contributed by atoms with E-state index in [1.54, 1.807) is 0 Å². The molecule has 0 saturated carbocycles. The Hall–Kier alpha value is -6.13. The summed E-state index contributed by atoms with van der Waals surface area (Å²) in [5.41, 5.74) is 6.88. The number of hydrogen-bond acceptors (Lipinski definition) is 4. The standard InChI is InChI=1S/C41H25N3O/c1-2-9-28(10-3-1)39-42-40(44-41(43-39)34-19-16-26-8-4-5-11-30(26)22-34)29-17-14-27(15-18-29)33-20-21-37-35(24-33)36-23-31-12-6-7-13-32(31)25-38(36)45-37/h1-25H. The van der Waals surface area contributed by atoms with E-state index >= 15 is 0 Å². The van der Waals surface area contributed by atoms with Crippen LogP contribution in [0.2, 0.25) is 0 Å². The molecular weight excluding hydrogens is 550 g/mol. The summed E-state index contributed by atoms with van der Waals surface area (Å²) in [4.78, 5) is 14.8. The van der Waals surface area contributed by atoms with Gasteiger partial charge in [-0.2, -0.15) is 0 Å². The summed E-state index contributed by atoms with van der Waals surface area (Å²) in [5, 5.41) is 6.96. The van der Waals surface area contributed by atoms with E-state index in [0.717, 1.165) is 55.1 Å². The van der Waals surface area contributed by atoms with Crippen LogP contribution < -0.4 is 0 Å². The lowest BCUT2D eigenvalue weighted by atomic mass is 10.0. The zero-order valence-electron chi connectivity index (χ0n) is 24.2. The van der Waals surface area contributed by atoms with Crippen LogP contribution in [0.15, 0.2) is 156 Å². The van der Waals surface area contributed by atoms with Gasteiger partial charge in [-0.05, 0) is 63.0 Å². The molecule has 9 rings (SSSR count). The Kier molecular flexibility index (Phi) is 5.78. The Bertz CT molecular complexity index is 2530. The number of nitrogens with zero attached hydrogens (tertiary/aromatic N) is 3. The van der Waals surface area contributed by atoms with Crippen molar-refractivity contribution in [2.24, 2.45) is 0 Å². The van der Waals surface area contributed by atoms with Crippen molar-refractivity contribution >= 4 is 43.5 Å².